The zero-order chi connectivity index (χ0) is 19.8. The van der Waals surface area contributed by atoms with Gasteiger partial charge in [-0.2, -0.15) is 0 Å². The molecule has 1 aromatic heterocycles. The van der Waals surface area contributed by atoms with Gasteiger partial charge in [-0.25, -0.2) is 0 Å². The maximum absolute atomic E-state index is 11.8. The summed E-state index contributed by atoms with van der Waals surface area (Å²) in [5.74, 6) is -2.10. The van der Waals surface area contributed by atoms with Gasteiger partial charge in [-0.05, 0) is 31.2 Å². The normalized spacial score (nSPS) is 10.0. The third-order valence-corrected chi connectivity index (χ3v) is 3.50. The summed E-state index contributed by atoms with van der Waals surface area (Å²) in [5.41, 5.74) is 0.907. The highest BCUT2D eigenvalue weighted by atomic mass is 35.5. The van der Waals surface area contributed by atoms with Crippen molar-refractivity contribution in [2.24, 2.45) is 0 Å². The van der Waals surface area contributed by atoms with E-state index in [0.29, 0.717) is 16.3 Å². The van der Waals surface area contributed by atoms with E-state index in [1.165, 1.54) is 31.3 Å². The first-order chi connectivity index (χ1) is 12.8. The molecule has 0 bridgehead atoms. The Kier molecular flexibility index (Phi) is 7.01. The predicted octanol–water partition coefficient (Wildman–Crippen LogP) is 1.85. The number of amides is 2. The van der Waals surface area contributed by atoms with Gasteiger partial charge in [-0.15, -0.1) is 0 Å². The number of anilines is 1. The molecule has 9 heteroatoms. The molecule has 0 aliphatic heterocycles. The summed E-state index contributed by atoms with van der Waals surface area (Å²) in [7, 11) is 0. The number of benzene rings is 1. The van der Waals surface area contributed by atoms with Crippen LogP contribution in [0.4, 0.5) is 5.69 Å². The van der Waals surface area contributed by atoms with Crippen molar-refractivity contribution in [2.75, 3.05) is 18.5 Å². The molecule has 0 saturated heterocycles. The number of rotatable bonds is 7. The molecule has 27 heavy (non-hydrogen) atoms. The lowest BCUT2D eigenvalue weighted by Crippen LogP contribution is -2.32. The number of nitrogens with zero attached hydrogens (tertiary/aromatic N) is 1. The van der Waals surface area contributed by atoms with E-state index in [1.807, 2.05) is 0 Å². The van der Waals surface area contributed by atoms with Crippen LogP contribution in [0.1, 0.15) is 27.8 Å². The molecule has 0 atom stereocenters. The summed E-state index contributed by atoms with van der Waals surface area (Å²) in [6, 6.07) is 9.22. The van der Waals surface area contributed by atoms with Gasteiger partial charge < -0.3 is 15.4 Å². The van der Waals surface area contributed by atoms with E-state index in [2.05, 4.69) is 15.6 Å². The highest BCUT2D eigenvalue weighted by Crippen LogP contribution is 2.11. The summed E-state index contributed by atoms with van der Waals surface area (Å²) in [5, 5.41) is 5.16. The summed E-state index contributed by atoms with van der Waals surface area (Å²) in [6.07, 6.45) is 1.36. The van der Waals surface area contributed by atoms with Crippen LogP contribution in [0.5, 0.6) is 0 Å². The molecule has 8 nitrogen and oxygen atoms in total. The molecular formula is C18H16ClN3O5. The van der Waals surface area contributed by atoms with Gasteiger partial charge in [0.2, 0.25) is 0 Å². The van der Waals surface area contributed by atoms with E-state index >= 15 is 0 Å². The lowest BCUT2D eigenvalue weighted by Gasteiger charge is -2.08. The smallest absolute Gasteiger partial charge is 0.325 e. The van der Waals surface area contributed by atoms with Gasteiger partial charge >= 0.3 is 5.97 Å². The van der Waals surface area contributed by atoms with Crippen molar-refractivity contribution in [3.05, 3.63) is 58.9 Å². The fourth-order valence-electron chi connectivity index (χ4n) is 1.98. The number of hydrogen-bond acceptors (Lipinski definition) is 6. The number of pyridine rings is 1. The van der Waals surface area contributed by atoms with Gasteiger partial charge in [-0.1, -0.05) is 23.7 Å². The molecule has 1 heterocycles. The average Bonchev–Trinajstić information content (AvgIpc) is 2.64. The Morgan fingerprint density at radius 3 is 2.63 bits per heavy atom. The molecule has 2 rings (SSSR count). The van der Waals surface area contributed by atoms with Gasteiger partial charge in [0.25, 0.3) is 11.8 Å². The second kappa shape index (κ2) is 9.44. The fraction of sp³-hybridized carbons (Fsp3) is 0.167. The Balaban J connectivity index is 1.76. The maximum atomic E-state index is 11.8. The summed E-state index contributed by atoms with van der Waals surface area (Å²) in [6.45, 7) is 0.449. The van der Waals surface area contributed by atoms with Crippen LogP contribution in [0.25, 0.3) is 0 Å². The zero-order valence-electron chi connectivity index (χ0n) is 14.3. The number of carbonyl (C=O) groups is 4. The largest absolute Gasteiger partial charge is 0.454 e. The van der Waals surface area contributed by atoms with Gasteiger partial charge in [0, 0.05) is 22.5 Å². The average molecular weight is 390 g/mol. The van der Waals surface area contributed by atoms with Crippen LogP contribution in [-0.4, -0.2) is 41.7 Å². The number of aromatic nitrogens is 1. The topological polar surface area (TPSA) is 114 Å². The van der Waals surface area contributed by atoms with E-state index in [0.717, 1.165) is 0 Å². The molecule has 0 fully saturated rings. The monoisotopic (exact) mass is 389 g/mol. The Morgan fingerprint density at radius 2 is 1.93 bits per heavy atom. The van der Waals surface area contributed by atoms with Crippen LogP contribution in [-0.2, 0) is 14.3 Å². The highest BCUT2D eigenvalue weighted by molar-refractivity contribution is 6.30. The van der Waals surface area contributed by atoms with E-state index in [-0.39, 0.29) is 11.5 Å². The minimum atomic E-state index is -0.794. The van der Waals surface area contributed by atoms with E-state index in [9.17, 15) is 19.2 Å². The number of halogens is 1. The number of carbonyl (C=O) groups excluding carboxylic acids is 4. The molecule has 2 amide bonds. The first-order valence-electron chi connectivity index (χ1n) is 7.81. The number of nitrogens with one attached hydrogen (secondary N) is 2. The van der Waals surface area contributed by atoms with Crippen LogP contribution < -0.4 is 10.6 Å². The van der Waals surface area contributed by atoms with Crippen molar-refractivity contribution in [1.82, 2.24) is 10.3 Å². The summed E-state index contributed by atoms with van der Waals surface area (Å²) >= 11 is 5.75. The summed E-state index contributed by atoms with van der Waals surface area (Å²) in [4.78, 5) is 50.4. The molecule has 0 aliphatic carbocycles. The first kappa shape index (κ1) is 20.1. The first-order valence-corrected chi connectivity index (χ1v) is 8.19. The number of esters is 1. The minimum Gasteiger partial charge on any atom is -0.454 e. The third kappa shape index (κ3) is 6.52. The Labute approximate surface area is 159 Å². The quantitative estimate of drug-likeness (QED) is 0.551. The maximum Gasteiger partial charge on any atom is 0.325 e. The highest BCUT2D eigenvalue weighted by Gasteiger charge is 2.12. The molecule has 0 unspecified atom stereocenters. The van der Waals surface area contributed by atoms with Gasteiger partial charge in [0.15, 0.2) is 12.4 Å². The molecule has 0 aliphatic rings. The van der Waals surface area contributed by atoms with Gasteiger partial charge in [-0.3, -0.25) is 24.2 Å². The van der Waals surface area contributed by atoms with Gasteiger partial charge in [0.05, 0.1) is 0 Å². The Hall–Kier alpha value is -3.26. The second-order valence-electron chi connectivity index (χ2n) is 5.39. The fourth-order valence-corrected chi connectivity index (χ4v) is 2.14. The van der Waals surface area contributed by atoms with E-state index in [4.69, 9.17) is 16.3 Å². The number of ether oxygens (including phenoxy) is 1. The van der Waals surface area contributed by atoms with E-state index in [1.54, 1.807) is 18.2 Å². The second-order valence-corrected chi connectivity index (χ2v) is 5.82. The standard InChI is InChI=1S/C18H16ClN3O5/c1-11(23)12-3-2-4-14(7-12)22-16(24)10-27-17(25)9-21-18(26)15-8-13(19)5-6-20-15/h2-8H,9-10H2,1H3,(H,21,26)(H,22,24). The molecule has 0 spiro atoms. The molecule has 0 radical (unpaired) electrons. The van der Waals surface area contributed by atoms with Crippen molar-refractivity contribution in [2.45, 2.75) is 6.92 Å². The lowest BCUT2D eigenvalue weighted by molar-refractivity contribution is -0.146. The minimum absolute atomic E-state index is 0.0541. The summed E-state index contributed by atoms with van der Waals surface area (Å²) < 4.78 is 4.78. The zero-order valence-corrected chi connectivity index (χ0v) is 15.1. The molecular weight excluding hydrogens is 374 g/mol. The molecule has 0 saturated carbocycles. The Bertz CT molecular complexity index is 885. The molecule has 140 valence electrons. The van der Waals surface area contributed by atoms with Crippen molar-refractivity contribution < 1.29 is 23.9 Å². The van der Waals surface area contributed by atoms with Crippen LogP contribution >= 0.6 is 11.6 Å². The van der Waals surface area contributed by atoms with Crippen molar-refractivity contribution in [1.29, 1.82) is 0 Å². The van der Waals surface area contributed by atoms with Crippen molar-refractivity contribution in [3.63, 3.8) is 0 Å². The predicted molar refractivity (Wildman–Crippen MR) is 97.6 cm³/mol. The Morgan fingerprint density at radius 1 is 1.15 bits per heavy atom. The van der Waals surface area contributed by atoms with Crippen molar-refractivity contribution >= 4 is 40.9 Å². The molecule has 2 N–H and O–H groups in total. The third-order valence-electron chi connectivity index (χ3n) is 3.27. The number of ketones is 1. The van der Waals surface area contributed by atoms with Crippen LogP contribution in [0.3, 0.4) is 0 Å². The van der Waals surface area contributed by atoms with Crippen LogP contribution in [0, 0.1) is 0 Å². The van der Waals surface area contributed by atoms with Crippen LogP contribution in [0.15, 0.2) is 42.6 Å². The number of hydrogen-bond donors (Lipinski definition) is 2. The van der Waals surface area contributed by atoms with Crippen LogP contribution in [0.2, 0.25) is 5.02 Å². The molecule has 1 aromatic carbocycles. The lowest BCUT2D eigenvalue weighted by atomic mass is 10.1. The van der Waals surface area contributed by atoms with Gasteiger partial charge in [0.1, 0.15) is 12.2 Å². The SMILES string of the molecule is CC(=O)c1cccc(NC(=O)COC(=O)CNC(=O)c2cc(Cl)ccn2)c1. The van der Waals surface area contributed by atoms with E-state index < -0.39 is 30.9 Å². The number of Topliss-reactive ketones (excluding diaryl/α,β-unsaturated/α-hetero) is 1. The molecule has 2 aromatic rings. The van der Waals surface area contributed by atoms with Crippen molar-refractivity contribution in [3.8, 4) is 0 Å².